The fourth-order valence-corrected chi connectivity index (χ4v) is 3.64. The highest BCUT2D eigenvalue weighted by molar-refractivity contribution is 7.92. The lowest BCUT2D eigenvalue weighted by atomic mass is 10.2. The molecule has 2 N–H and O–H groups in total. The molecule has 3 aromatic carbocycles. The molecule has 0 bridgehead atoms. The SMILES string of the molecule is O=C(Nc1ccc([N+](=O)[O-])cc1)c1cccc(S(=O)(=O)Nc2ccc(Cl)cc2)c1. The van der Waals surface area contributed by atoms with E-state index in [1.54, 1.807) is 12.1 Å². The van der Waals surface area contributed by atoms with E-state index < -0.39 is 20.9 Å². The smallest absolute Gasteiger partial charge is 0.269 e. The van der Waals surface area contributed by atoms with Gasteiger partial charge in [-0.25, -0.2) is 8.42 Å². The summed E-state index contributed by atoms with van der Waals surface area (Å²) in [4.78, 5) is 22.5. The number of nitrogens with zero attached hydrogens (tertiary/aromatic N) is 1. The number of nitro benzene ring substituents is 1. The molecule has 0 aliphatic carbocycles. The Bertz CT molecular complexity index is 1160. The number of nitrogens with one attached hydrogen (secondary N) is 2. The molecule has 0 aliphatic rings. The fraction of sp³-hybridized carbons (Fsp3) is 0. The van der Waals surface area contributed by atoms with Gasteiger partial charge < -0.3 is 5.32 Å². The first-order valence-electron chi connectivity index (χ1n) is 8.19. The number of hydrogen-bond acceptors (Lipinski definition) is 5. The van der Waals surface area contributed by atoms with Crippen molar-refractivity contribution in [2.24, 2.45) is 0 Å². The number of halogens is 1. The Morgan fingerprint density at radius 3 is 2.17 bits per heavy atom. The summed E-state index contributed by atoms with van der Waals surface area (Å²) < 4.78 is 27.6. The van der Waals surface area contributed by atoms with Gasteiger partial charge in [-0.15, -0.1) is 0 Å². The van der Waals surface area contributed by atoms with Gasteiger partial charge in [0.25, 0.3) is 21.6 Å². The largest absolute Gasteiger partial charge is 0.322 e. The molecule has 3 rings (SSSR count). The third-order valence-electron chi connectivity index (χ3n) is 3.84. The lowest BCUT2D eigenvalue weighted by molar-refractivity contribution is -0.384. The highest BCUT2D eigenvalue weighted by Gasteiger charge is 2.17. The zero-order valence-electron chi connectivity index (χ0n) is 14.7. The van der Waals surface area contributed by atoms with Crippen LogP contribution in [0, 0.1) is 10.1 Å². The van der Waals surface area contributed by atoms with Crippen LogP contribution in [0.5, 0.6) is 0 Å². The van der Waals surface area contributed by atoms with Crippen LogP contribution in [-0.4, -0.2) is 19.2 Å². The number of anilines is 2. The Balaban J connectivity index is 1.78. The number of carbonyl (C=O) groups excluding carboxylic acids is 1. The molecule has 8 nitrogen and oxygen atoms in total. The summed E-state index contributed by atoms with van der Waals surface area (Å²) in [6.45, 7) is 0. The van der Waals surface area contributed by atoms with Crippen molar-refractivity contribution in [3.8, 4) is 0 Å². The number of carbonyl (C=O) groups is 1. The minimum atomic E-state index is -3.92. The van der Waals surface area contributed by atoms with Crippen LogP contribution in [-0.2, 0) is 10.0 Å². The van der Waals surface area contributed by atoms with Crippen LogP contribution < -0.4 is 10.0 Å². The van der Waals surface area contributed by atoms with Gasteiger partial charge in [0.1, 0.15) is 0 Å². The maximum Gasteiger partial charge on any atom is 0.269 e. The molecule has 0 saturated heterocycles. The summed E-state index contributed by atoms with van der Waals surface area (Å²) in [6, 6.07) is 16.9. The van der Waals surface area contributed by atoms with E-state index >= 15 is 0 Å². The Morgan fingerprint density at radius 1 is 0.931 bits per heavy atom. The number of nitro groups is 1. The van der Waals surface area contributed by atoms with Gasteiger partial charge in [0.15, 0.2) is 0 Å². The molecule has 0 heterocycles. The van der Waals surface area contributed by atoms with Crippen LogP contribution in [0.25, 0.3) is 0 Å². The van der Waals surface area contributed by atoms with Crippen molar-refractivity contribution in [3.05, 3.63) is 93.5 Å². The number of hydrogen-bond donors (Lipinski definition) is 2. The summed E-state index contributed by atoms with van der Waals surface area (Å²) in [5.41, 5.74) is 0.676. The molecule has 0 spiro atoms. The van der Waals surface area contributed by atoms with Crippen molar-refractivity contribution in [2.75, 3.05) is 10.0 Å². The fourth-order valence-electron chi connectivity index (χ4n) is 2.41. The first kappa shape index (κ1) is 20.3. The van der Waals surface area contributed by atoms with Crippen molar-refractivity contribution in [3.63, 3.8) is 0 Å². The molecule has 0 aromatic heterocycles. The maximum absolute atomic E-state index is 12.6. The Kier molecular flexibility index (Phi) is 5.81. The molecule has 29 heavy (non-hydrogen) atoms. The molecule has 0 fully saturated rings. The quantitative estimate of drug-likeness (QED) is 0.445. The van der Waals surface area contributed by atoms with E-state index in [0.717, 1.165) is 0 Å². The monoisotopic (exact) mass is 431 g/mol. The van der Waals surface area contributed by atoms with Crippen molar-refractivity contribution in [1.29, 1.82) is 0 Å². The van der Waals surface area contributed by atoms with Gasteiger partial charge >= 0.3 is 0 Å². The van der Waals surface area contributed by atoms with E-state index in [1.807, 2.05) is 0 Å². The van der Waals surface area contributed by atoms with Gasteiger partial charge in [0, 0.05) is 34.1 Å². The maximum atomic E-state index is 12.6. The molecule has 3 aromatic rings. The van der Waals surface area contributed by atoms with Gasteiger partial charge in [0.05, 0.1) is 9.82 Å². The molecule has 0 unspecified atom stereocenters. The average molecular weight is 432 g/mol. The van der Waals surface area contributed by atoms with Gasteiger partial charge in [-0.05, 0) is 54.6 Å². The predicted molar refractivity (Wildman–Crippen MR) is 110 cm³/mol. The molecule has 0 saturated carbocycles. The number of amides is 1. The van der Waals surface area contributed by atoms with Crippen LogP contribution in [0.1, 0.15) is 10.4 Å². The number of benzene rings is 3. The van der Waals surface area contributed by atoms with E-state index in [4.69, 9.17) is 11.6 Å². The topological polar surface area (TPSA) is 118 Å². The lowest BCUT2D eigenvalue weighted by Gasteiger charge is -2.10. The molecule has 0 atom stereocenters. The Morgan fingerprint density at radius 2 is 1.55 bits per heavy atom. The Labute approximate surface area is 171 Å². The van der Waals surface area contributed by atoms with Gasteiger partial charge in [0.2, 0.25) is 0 Å². The zero-order chi connectivity index (χ0) is 21.0. The van der Waals surface area contributed by atoms with Crippen molar-refractivity contribution >= 4 is 44.6 Å². The zero-order valence-corrected chi connectivity index (χ0v) is 16.3. The minimum Gasteiger partial charge on any atom is -0.322 e. The number of non-ortho nitro benzene ring substituents is 1. The van der Waals surface area contributed by atoms with Gasteiger partial charge in [-0.1, -0.05) is 17.7 Å². The van der Waals surface area contributed by atoms with Crippen LogP contribution in [0.2, 0.25) is 5.02 Å². The highest BCUT2D eigenvalue weighted by Crippen LogP contribution is 2.20. The molecule has 0 radical (unpaired) electrons. The summed E-state index contributed by atoms with van der Waals surface area (Å²) in [5, 5.41) is 13.7. The molecule has 10 heteroatoms. The van der Waals surface area contributed by atoms with Crippen molar-refractivity contribution < 1.29 is 18.1 Å². The predicted octanol–water partition coefficient (Wildman–Crippen LogP) is 4.30. The molecule has 1 amide bonds. The van der Waals surface area contributed by atoms with Crippen LogP contribution in [0.4, 0.5) is 17.1 Å². The third-order valence-corrected chi connectivity index (χ3v) is 5.47. The normalized spacial score (nSPS) is 10.9. The Hall–Kier alpha value is -3.43. The second-order valence-electron chi connectivity index (χ2n) is 5.90. The van der Waals surface area contributed by atoms with Crippen molar-refractivity contribution in [1.82, 2.24) is 0 Å². The first-order chi connectivity index (χ1) is 13.7. The molecule has 0 aliphatic heterocycles. The third kappa shape index (κ3) is 5.09. The standard InChI is InChI=1S/C19H14ClN3O5S/c20-14-4-6-16(7-5-14)22-29(27,28)18-3-1-2-13(12-18)19(24)21-15-8-10-17(11-9-15)23(25)26/h1-12,22H,(H,21,24). The summed E-state index contributed by atoms with van der Waals surface area (Å²) >= 11 is 5.79. The second-order valence-corrected chi connectivity index (χ2v) is 8.02. The van der Waals surface area contributed by atoms with E-state index in [-0.39, 0.29) is 16.1 Å². The number of sulfonamides is 1. The van der Waals surface area contributed by atoms with Crippen molar-refractivity contribution in [2.45, 2.75) is 4.90 Å². The van der Waals surface area contributed by atoms with Crippen LogP contribution in [0.15, 0.2) is 77.7 Å². The summed E-state index contributed by atoms with van der Waals surface area (Å²) in [6.07, 6.45) is 0. The van der Waals surface area contributed by atoms with Gasteiger partial charge in [-0.2, -0.15) is 0 Å². The number of rotatable bonds is 6. The second kappa shape index (κ2) is 8.29. The van der Waals surface area contributed by atoms with Crippen LogP contribution >= 0.6 is 11.6 Å². The average Bonchev–Trinajstić information content (AvgIpc) is 2.70. The lowest BCUT2D eigenvalue weighted by Crippen LogP contribution is -2.16. The summed E-state index contributed by atoms with van der Waals surface area (Å²) in [7, 11) is -3.92. The van der Waals surface area contributed by atoms with E-state index in [9.17, 15) is 23.3 Å². The van der Waals surface area contributed by atoms with Gasteiger partial charge in [-0.3, -0.25) is 19.6 Å². The molecule has 148 valence electrons. The minimum absolute atomic E-state index is 0.0937. The van der Waals surface area contributed by atoms with E-state index in [1.165, 1.54) is 60.7 Å². The van der Waals surface area contributed by atoms with Crippen LogP contribution in [0.3, 0.4) is 0 Å². The van der Waals surface area contributed by atoms with E-state index in [0.29, 0.717) is 16.4 Å². The highest BCUT2D eigenvalue weighted by atomic mass is 35.5. The summed E-state index contributed by atoms with van der Waals surface area (Å²) in [5.74, 6) is -0.553. The molecular weight excluding hydrogens is 418 g/mol. The van der Waals surface area contributed by atoms with E-state index in [2.05, 4.69) is 10.0 Å². The molecular formula is C19H14ClN3O5S. The first-order valence-corrected chi connectivity index (χ1v) is 10.0.